The van der Waals surface area contributed by atoms with Crippen molar-refractivity contribution in [3.05, 3.63) is 33.4 Å². The molecule has 0 saturated carbocycles. The van der Waals surface area contributed by atoms with Crippen molar-refractivity contribution in [3.63, 3.8) is 0 Å². The molecule has 0 aliphatic carbocycles. The van der Waals surface area contributed by atoms with Gasteiger partial charge >= 0.3 is 6.30 Å². The summed E-state index contributed by atoms with van der Waals surface area (Å²) in [5.74, 6) is 0. The molecule has 1 rings (SSSR count). The predicted molar refractivity (Wildman–Crippen MR) is 61.3 cm³/mol. The Morgan fingerprint density at radius 1 is 1.20 bits per heavy atom. The van der Waals surface area contributed by atoms with Crippen molar-refractivity contribution in [1.29, 1.82) is 0 Å². The van der Waals surface area contributed by atoms with E-state index in [9.17, 15) is 13.2 Å². The number of hydrogen-bond donors (Lipinski definition) is 0. The second kappa shape index (κ2) is 5.16. The summed E-state index contributed by atoms with van der Waals surface area (Å²) >= 11 is 2.12. The van der Waals surface area contributed by atoms with Crippen LogP contribution in [0, 0.1) is 3.57 Å². The largest absolute Gasteiger partial charge is 0.460 e. The highest BCUT2D eigenvalue weighted by Crippen LogP contribution is 2.23. The van der Waals surface area contributed by atoms with Crippen LogP contribution in [0.1, 0.15) is 12.5 Å². The van der Waals surface area contributed by atoms with Crippen molar-refractivity contribution >= 4 is 22.6 Å². The Kier molecular flexibility index (Phi) is 4.39. The van der Waals surface area contributed by atoms with Gasteiger partial charge in [-0.3, -0.25) is 0 Å². The number of rotatable bonds is 3. The Labute approximate surface area is 100 Å². The van der Waals surface area contributed by atoms with Crippen molar-refractivity contribution in [2.24, 2.45) is 0 Å². The summed E-state index contributed by atoms with van der Waals surface area (Å²) in [5, 5.41) is 0. The summed E-state index contributed by atoms with van der Waals surface area (Å²) in [6, 6.07) is 7.05. The van der Waals surface area contributed by atoms with Crippen LogP contribution in [-0.4, -0.2) is 17.7 Å². The molecule has 0 amide bonds. The monoisotopic (exact) mass is 329 g/mol. The first-order valence-electron chi connectivity index (χ1n) is 4.49. The zero-order valence-corrected chi connectivity index (χ0v) is 10.3. The summed E-state index contributed by atoms with van der Waals surface area (Å²) in [4.78, 5) is 0.481. The smallest absolute Gasteiger partial charge is 0.210 e. The van der Waals surface area contributed by atoms with E-state index >= 15 is 0 Å². The molecule has 0 radical (unpaired) electrons. The first-order valence-corrected chi connectivity index (χ1v) is 5.57. The van der Waals surface area contributed by atoms with Crippen LogP contribution in [0.3, 0.4) is 0 Å². The van der Waals surface area contributed by atoms with E-state index < -0.39 is 6.30 Å². The van der Waals surface area contributed by atoms with Gasteiger partial charge in [0.25, 0.3) is 0 Å². The molecule has 0 fully saturated rings. The highest BCUT2D eigenvalue weighted by atomic mass is 127. The van der Waals surface area contributed by atoms with Crippen LogP contribution in [0.4, 0.5) is 13.2 Å². The van der Waals surface area contributed by atoms with Gasteiger partial charge in [-0.15, -0.1) is 0 Å². The molecule has 5 heteroatoms. The minimum Gasteiger partial charge on any atom is -0.210 e. The van der Waals surface area contributed by atoms with Gasteiger partial charge in [-0.2, -0.15) is 13.2 Å². The van der Waals surface area contributed by atoms with E-state index in [1.54, 1.807) is 24.3 Å². The average Bonchev–Trinajstić information content (AvgIpc) is 2.15. The molecule has 0 unspecified atom stereocenters. The normalized spacial score (nSPS) is 12.1. The molecular formula is C10H11F3IN. The highest BCUT2D eigenvalue weighted by Gasteiger charge is 2.35. The van der Waals surface area contributed by atoms with Gasteiger partial charge in [-0.25, -0.2) is 4.90 Å². The van der Waals surface area contributed by atoms with Gasteiger partial charge in [-0.05, 0) is 40.3 Å². The molecule has 0 spiro atoms. The molecule has 1 nitrogen and oxygen atoms in total. The third-order valence-corrected chi connectivity index (χ3v) is 2.75. The summed E-state index contributed by atoms with van der Waals surface area (Å²) in [6.45, 7) is 1.38. The van der Waals surface area contributed by atoms with Crippen LogP contribution >= 0.6 is 22.6 Å². The zero-order valence-electron chi connectivity index (χ0n) is 8.18. The van der Waals surface area contributed by atoms with E-state index in [-0.39, 0.29) is 13.1 Å². The lowest BCUT2D eigenvalue weighted by molar-refractivity contribution is -0.247. The number of nitrogens with zero attached hydrogens (tertiary/aromatic N) is 1. The van der Waals surface area contributed by atoms with Crippen LogP contribution in [0.15, 0.2) is 24.3 Å². The maximum Gasteiger partial charge on any atom is 0.460 e. The second-order valence-electron chi connectivity index (χ2n) is 3.11. The predicted octanol–water partition coefficient (Wildman–Crippen LogP) is 3.63. The minimum absolute atomic E-state index is 0.0323. The SMILES string of the molecule is CCN(Cc1ccc(I)cc1)C(F)(F)F. The van der Waals surface area contributed by atoms with Gasteiger partial charge in [0.1, 0.15) is 0 Å². The summed E-state index contributed by atoms with van der Waals surface area (Å²) in [7, 11) is 0. The molecule has 1 aromatic carbocycles. The Hall–Kier alpha value is -0.300. The zero-order chi connectivity index (χ0) is 11.5. The standard InChI is InChI=1S/C10H11F3IN/c1-2-15(10(11,12)13)7-8-3-5-9(14)6-4-8/h3-6H,2,7H2,1H3. The van der Waals surface area contributed by atoms with Gasteiger partial charge in [0.05, 0.1) is 0 Å². The van der Waals surface area contributed by atoms with Gasteiger partial charge in [0.2, 0.25) is 0 Å². The molecule has 15 heavy (non-hydrogen) atoms. The van der Waals surface area contributed by atoms with Gasteiger partial charge < -0.3 is 0 Å². The fourth-order valence-corrected chi connectivity index (χ4v) is 1.55. The van der Waals surface area contributed by atoms with Gasteiger partial charge in [0, 0.05) is 16.7 Å². The van der Waals surface area contributed by atoms with E-state index in [2.05, 4.69) is 22.6 Å². The first kappa shape index (κ1) is 12.8. The Morgan fingerprint density at radius 2 is 1.73 bits per heavy atom. The van der Waals surface area contributed by atoms with E-state index in [4.69, 9.17) is 0 Å². The molecule has 0 saturated heterocycles. The van der Waals surface area contributed by atoms with Gasteiger partial charge in [0.15, 0.2) is 0 Å². The van der Waals surface area contributed by atoms with Crippen LogP contribution in [0.25, 0.3) is 0 Å². The highest BCUT2D eigenvalue weighted by molar-refractivity contribution is 14.1. The van der Waals surface area contributed by atoms with Crippen molar-refractivity contribution in [3.8, 4) is 0 Å². The lowest BCUT2D eigenvalue weighted by Gasteiger charge is -2.23. The second-order valence-corrected chi connectivity index (χ2v) is 4.35. The molecule has 0 atom stereocenters. The van der Waals surface area contributed by atoms with Crippen molar-refractivity contribution < 1.29 is 13.2 Å². The van der Waals surface area contributed by atoms with E-state index in [0.717, 1.165) is 3.57 Å². The fraction of sp³-hybridized carbons (Fsp3) is 0.400. The van der Waals surface area contributed by atoms with Gasteiger partial charge in [-0.1, -0.05) is 19.1 Å². The van der Waals surface area contributed by atoms with Crippen LogP contribution in [-0.2, 0) is 6.54 Å². The van der Waals surface area contributed by atoms with Crippen molar-refractivity contribution in [2.45, 2.75) is 19.8 Å². The number of benzene rings is 1. The van der Waals surface area contributed by atoms with Crippen molar-refractivity contribution in [2.75, 3.05) is 6.54 Å². The lowest BCUT2D eigenvalue weighted by atomic mass is 10.2. The molecule has 0 aliphatic rings. The third-order valence-electron chi connectivity index (χ3n) is 2.03. The molecule has 1 aromatic rings. The van der Waals surface area contributed by atoms with E-state index in [1.807, 2.05) is 0 Å². The Morgan fingerprint density at radius 3 is 2.13 bits per heavy atom. The van der Waals surface area contributed by atoms with E-state index in [1.165, 1.54) is 6.92 Å². The third kappa shape index (κ3) is 3.98. The van der Waals surface area contributed by atoms with Crippen molar-refractivity contribution in [1.82, 2.24) is 4.90 Å². The molecule has 0 aliphatic heterocycles. The summed E-state index contributed by atoms with van der Waals surface area (Å²) in [6.07, 6.45) is -4.25. The Bertz CT molecular complexity index is 307. The molecule has 0 heterocycles. The molecular weight excluding hydrogens is 318 g/mol. The average molecular weight is 329 g/mol. The maximum absolute atomic E-state index is 12.4. The quantitative estimate of drug-likeness (QED) is 0.605. The fourth-order valence-electron chi connectivity index (χ4n) is 1.19. The van der Waals surface area contributed by atoms with Crippen LogP contribution in [0.5, 0.6) is 0 Å². The lowest BCUT2D eigenvalue weighted by Crippen LogP contribution is -2.37. The van der Waals surface area contributed by atoms with E-state index in [0.29, 0.717) is 10.5 Å². The van der Waals surface area contributed by atoms with Crippen LogP contribution < -0.4 is 0 Å². The Balaban J connectivity index is 2.71. The maximum atomic E-state index is 12.4. The summed E-state index contributed by atoms with van der Waals surface area (Å²) in [5.41, 5.74) is 0.676. The number of halogens is 4. The molecule has 0 aromatic heterocycles. The first-order chi connectivity index (χ1) is 6.93. The summed E-state index contributed by atoms with van der Waals surface area (Å²) < 4.78 is 38.2. The molecule has 0 bridgehead atoms. The molecule has 84 valence electrons. The minimum atomic E-state index is -4.25. The topological polar surface area (TPSA) is 3.24 Å². The van der Waals surface area contributed by atoms with Crippen LogP contribution in [0.2, 0.25) is 0 Å². The molecule has 0 N–H and O–H groups in total. The number of alkyl halides is 3. The number of hydrogen-bond acceptors (Lipinski definition) is 1.